The van der Waals surface area contributed by atoms with Gasteiger partial charge in [-0.15, -0.1) is 12.6 Å². The van der Waals surface area contributed by atoms with Gasteiger partial charge in [-0.3, -0.25) is 4.79 Å². The normalized spacial score (nSPS) is 9.56. The standard InChI is InChI=1S/C11H11NO3S/c1-2-15-10(13)5-8-7(6-12)3-4-9(16)11(8)14/h3-4,14,16H,2,5H2,1H3. The zero-order valence-electron chi connectivity index (χ0n) is 8.73. The molecule has 1 aromatic carbocycles. The Labute approximate surface area is 98.9 Å². The Morgan fingerprint density at radius 1 is 1.62 bits per heavy atom. The summed E-state index contributed by atoms with van der Waals surface area (Å²) >= 11 is 4.02. The fourth-order valence-electron chi connectivity index (χ4n) is 1.26. The number of thiol groups is 1. The Kier molecular flexibility index (Phi) is 4.20. The summed E-state index contributed by atoms with van der Waals surface area (Å²) in [5.74, 6) is -0.622. The lowest BCUT2D eigenvalue weighted by Crippen LogP contribution is -2.09. The molecule has 0 bridgehead atoms. The third-order valence-electron chi connectivity index (χ3n) is 2.01. The van der Waals surface area contributed by atoms with Gasteiger partial charge in [0, 0.05) is 10.5 Å². The van der Waals surface area contributed by atoms with E-state index >= 15 is 0 Å². The predicted molar refractivity (Wildman–Crippen MR) is 60.4 cm³/mol. The van der Waals surface area contributed by atoms with E-state index in [1.165, 1.54) is 12.1 Å². The highest BCUT2D eigenvalue weighted by Gasteiger charge is 2.15. The highest BCUT2D eigenvalue weighted by molar-refractivity contribution is 7.80. The maximum atomic E-state index is 11.3. The monoisotopic (exact) mass is 237 g/mol. The summed E-state index contributed by atoms with van der Waals surface area (Å²) in [5, 5.41) is 18.5. The van der Waals surface area contributed by atoms with Crippen molar-refractivity contribution in [1.29, 1.82) is 5.26 Å². The van der Waals surface area contributed by atoms with Crippen molar-refractivity contribution in [1.82, 2.24) is 0 Å². The average molecular weight is 237 g/mol. The molecule has 0 aromatic heterocycles. The third kappa shape index (κ3) is 2.67. The van der Waals surface area contributed by atoms with Gasteiger partial charge in [0.25, 0.3) is 0 Å². The number of hydrogen-bond donors (Lipinski definition) is 2. The largest absolute Gasteiger partial charge is 0.506 e. The second kappa shape index (κ2) is 5.42. The number of nitrogens with zero attached hydrogens (tertiary/aromatic N) is 1. The molecular formula is C11H11NO3S. The van der Waals surface area contributed by atoms with E-state index in [4.69, 9.17) is 10.00 Å². The number of aromatic hydroxyl groups is 1. The van der Waals surface area contributed by atoms with Crippen molar-refractivity contribution in [3.63, 3.8) is 0 Å². The van der Waals surface area contributed by atoms with Crippen LogP contribution in [0.4, 0.5) is 0 Å². The van der Waals surface area contributed by atoms with Gasteiger partial charge in [-0.25, -0.2) is 0 Å². The van der Waals surface area contributed by atoms with Crippen LogP contribution < -0.4 is 0 Å². The lowest BCUT2D eigenvalue weighted by molar-refractivity contribution is -0.142. The molecule has 0 aliphatic carbocycles. The minimum Gasteiger partial charge on any atom is -0.506 e. The Hall–Kier alpha value is -1.67. The van der Waals surface area contributed by atoms with E-state index < -0.39 is 5.97 Å². The van der Waals surface area contributed by atoms with Crippen LogP contribution in [0.2, 0.25) is 0 Å². The van der Waals surface area contributed by atoms with Crippen molar-refractivity contribution in [3.05, 3.63) is 23.3 Å². The number of rotatable bonds is 3. The second-order valence-corrected chi connectivity index (χ2v) is 3.53. The Morgan fingerprint density at radius 2 is 2.31 bits per heavy atom. The molecule has 0 spiro atoms. The van der Waals surface area contributed by atoms with Crippen molar-refractivity contribution < 1.29 is 14.6 Å². The number of esters is 1. The van der Waals surface area contributed by atoms with Gasteiger partial charge in [-0.1, -0.05) is 0 Å². The van der Waals surface area contributed by atoms with Crippen LogP contribution in [0.1, 0.15) is 18.1 Å². The number of phenolic OH excluding ortho intramolecular Hbond substituents is 1. The Balaban J connectivity index is 3.07. The van der Waals surface area contributed by atoms with Gasteiger partial charge in [0.15, 0.2) is 0 Å². The number of phenols is 1. The van der Waals surface area contributed by atoms with Gasteiger partial charge in [0.1, 0.15) is 5.75 Å². The number of ether oxygens (including phenoxy) is 1. The van der Waals surface area contributed by atoms with Crippen LogP contribution in [0.15, 0.2) is 17.0 Å². The molecule has 0 radical (unpaired) electrons. The number of hydrogen-bond acceptors (Lipinski definition) is 5. The molecule has 16 heavy (non-hydrogen) atoms. The van der Waals surface area contributed by atoms with E-state index in [2.05, 4.69) is 12.6 Å². The molecule has 1 rings (SSSR count). The molecule has 4 nitrogen and oxygen atoms in total. The van der Waals surface area contributed by atoms with E-state index in [-0.39, 0.29) is 29.9 Å². The topological polar surface area (TPSA) is 70.3 Å². The van der Waals surface area contributed by atoms with Crippen LogP contribution in [0.3, 0.4) is 0 Å². The number of nitriles is 1. The zero-order valence-corrected chi connectivity index (χ0v) is 9.62. The smallest absolute Gasteiger partial charge is 0.310 e. The molecular weight excluding hydrogens is 226 g/mol. The molecule has 0 aliphatic rings. The van der Waals surface area contributed by atoms with E-state index in [9.17, 15) is 9.90 Å². The van der Waals surface area contributed by atoms with Gasteiger partial charge in [0.05, 0.1) is 24.7 Å². The van der Waals surface area contributed by atoms with Crippen molar-refractivity contribution >= 4 is 18.6 Å². The van der Waals surface area contributed by atoms with Crippen LogP contribution in [-0.4, -0.2) is 17.7 Å². The number of carbonyl (C=O) groups is 1. The average Bonchev–Trinajstić information content (AvgIpc) is 2.25. The Bertz CT molecular complexity index is 451. The van der Waals surface area contributed by atoms with Crippen molar-refractivity contribution in [2.45, 2.75) is 18.2 Å². The lowest BCUT2D eigenvalue weighted by atomic mass is 10.0. The molecule has 0 atom stereocenters. The molecule has 1 N–H and O–H groups in total. The molecule has 84 valence electrons. The first-order valence-corrected chi connectivity index (χ1v) is 5.14. The van der Waals surface area contributed by atoms with Crippen molar-refractivity contribution in [2.75, 3.05) is 6.61 Å². The first-order chi connectivity index (χ1) is 7.60. The molecule has 1 aromatic rings. The van der Waals surface area contributed by atoms with Gasteiger partial charge in [0.2, 0.25) is 0 Å². The maximum absolute atomic E-state index is 11.3. The number of carbonyl (C=O) groups excluding carboxylic acids is 1. The first kappa shape index (κ1) is 12.4. The summed E-state index contributed by atoms with van der Waals surface area (Å²) < 4.78 is 4.76. The second-order valence-electron chi connectivity index (χ2n) is 3.05. The molecule has 0 heterocycles. The SMILES string of the molecule is CCOC(=O)Cc1c(C#N)ccc(S)c1O. The Morgan fingerprint density at radius 3 is 2.88 bits per heavy atom. The summed E-state index contributed by atoms with van der Waals surface area (Å²) in [6.07, 6.45) is -0.128. The highest BCUT2D eigenvalue weighted by Crippen LogP contribution is 2.29. The van der Waals surface area contributed by atoms with Crippen LogP contribution in [0, 0.1) is 11.3 Å². The molecule has 0 aliphatic heterocycles. The maximum Gasteiger partial charge on any atom is 0.310 e. The van der Waals surface area contributed by atoms with Crippen LogP contribution in [0.5, 0.6) is 5.75 Å². The molecule has 0 saturated carbocycles. The minimum atomic E-state index is -0.478. The quantitative estimate of drug-likeness (QED) is 0.619. The van der Waals surface area contributed by atoms with Crippen LogP contribution in [-0.2, 0) is 16.0 Å². The van der Waals surface area contributed by atoms with E-state index in [0.717, 1.165) is 0 Å². The summed E-state index contributed by atoms with van der Waals surface area (Å²) in [6.45, 7) is 1.96. The van der Waals surface area contributed by atoms with E-state index in [1.807, 2.05) is 6.07 Å². The summed E-state index contributed by atoms with van der Waals surface area (Å²) in [5.41, 5.74) is 0.511. The van der Waals surface area contributed by atoms with Gasteiger partial charge >= 0.3 is 5.97 Å². The first-order valence-electron chi connectivity index (χ1n) is 4.69. The summed E-state index contributed by atoms with van der Waals surface area (Å²) in [6, 6.07) is 4.93. The minimum absolute atomic E-state index is 0.128. The van der Waals surface area contributed by atoms with Gasteiger partial charge in [-0.05, 0) is 19.1 Å². The number of benzene rings is 1. The molecule has 5 heteroatoms. The molecule has 0 fully saturated rings. The zero-order chi connectivity index (χ0) is 12.1. The molecule has 0 saturated heterocycles. The van der Waals surface area contributed by atoms with Crippen LogP contribution >= 0.6 is 12.6 Å². The molecule has 0 amide bonds. The fourth-order valence-corrected chi connectivity index (χ4v) is 1.47. The van der Waals surface area contributed by atoms with E-state index in [1.54, 1.807) is 6.92 Å². The highest BCUT2D eigenvalue weighted by atomic mass is 32.1. The van der Waals surface area contributed by atoms with Crippen molar-refractivity contribution in [3.8, 4) is 11.8 Å². The lowest BCUT2D eigenvalue weighted by Gasteiger charge is -2.08. The third-order valence-corrected chi connectivity index (χ3v) is 2.37. The van der Waals surface area contributed by atoms with Crippen molar-refractivity contribution in [2.24, 2.45) is 0 Å². The van der Waals surface area contributed by atoms with Gasteiger partial charge in [-0.2, -0.15) is 5.26 Å². The van der Waals surface area contributed by atoms with Gasteiger partial charge < -0.3 is 9.84 Å². The predicted octanol–water partition coefficient (Wildman–Crippen LogP) is 1.66. The van der Waals surface area contributed by atoms with Crippen LogP contribution in [0.25, 0.3) is 0 Å². The molecule has 0 unspecified atom stereocenters. The summed E-state index contributed by atoms with van der Waals surface area (Å²) in [7, 11) is 0. The fraction of sp³-hybridized carbons (Fsp3) is 0.273. The van der Waals surface area contributed by atoms with E-state index in [0.29, 0.717) is 4.90 Å². The summed E-state index contributed by atoms with van der Waals surface area (Å²) in [4.78, 5) is 11.6.